The molecule has 0 spiro atoms. The van der Waals surface area contributed by atoms with Crippen LogP contribution < -0.4 is 5.43 Å². The number of nitrogens with one attached hydrogen (secondary N) is 1. The molecule has 0 saturated carbocycles. The predicted octanol–water partition coefficient (Wildman–Crippen LogP) is 5.07. The van der Waals surface area contributed by atoms with E-state index in [4.69, 9.17) is 0 Å². The van der Waals surface area contributed by atoms with Crippen LogP contribution in [0.5, 0.6) is 0 Å². The van der Waals surface area contributed by atoms with Crippen LogP contribution in [0.25, 0.3) is 11.4 Å². The van der Waals surface area contributed by atoms with Gasteiger partial charge in [-0.1, -0.05) is 88.0 Å². The Labute approximate surface area is 194 Å². The van der Waals surface area contributed by atoms with Gasteiger partial charge in [0.1, 0.15) is 0 Å². The van der Waals surface area contributed by atoms with Crippen LogP contribution in [0.4, 0.5) is 0 Å². The number of benzene rings is 2. The van der Waals surface area contributed by atoms with Crippen LogP contribution in [0.2, 0.25) is 0 Å². The zero-order valence-corrected chi connectivity index (χ0v) is 20.2. The molecule has 0 bridgehead atoms. The van der Waals surface area contributed by atoms with E-state index < -0.39 is 0 Å². The van der Waals surface area contributed by atoms with E-state index >= 15 is 0 Å². The lowest BCUT2D eigenvalue weighted by molar-refractivity contribution is -0.118. The highest BCUT2D eigenvalue weighted by Crippen LogP contribution is 2.27. The Kier molecular flexibility index (Phi) is 7.85. The van der Waals surface area contributed by atoms with Crippen molar-refractivity contribution >= 4 is 23.9 Å². The van der Waals surface area contributed by atoms with Gasteiger partial charge in [0, 0.05) is 12.1 Å². The third-order valence-electron chi connectivity index (χ3n) is 5.17. The molecule has 0 aliphatic carbocycles. The molecular formula is C25H31N5OS. The summed E-state index contributed by atoms with van der Waals surface area (Å²) in [5.74, 6) is 0.843. The second-order valence-corrected chi connectivity index (χ2v) is 9.50. The average Bonchev–Trinajstić information content (AvgIpc) is 3.20. The van der Waals surface area contributed by atoms with Crippen molar-refractivity contribution in [1.29, 1.82) is 0 Å². The third kappa shape index (κ3) is 6.07. The Morgan fingerprint density at radius 2 is 1.75 bits per heavy atom. The molecule has 2 aromatic carbocycles. The normalized spacial score (nSPS) is 11.8. The Morgan fingerprint density at radius 3 is 2.34 bits per heavy atom. The van der Waals surface area contributed by atoms with E-state index in [0.717, 1.165) is 35.1 Å². The monoisotopic (exact) mass is 449 g/mol. The first-order chi connectivity index (χ1) is 15.3. The molecule has 0 saturated heterocycles. The number of nitrogens with zero attached hydrogens (tertiary/aromatic N) is 4. The van der Waals surface area contributed by atoms with Gasteiger partial charge in [-0.25, -0.2) is 5.43 Å². The molecule has 32 heavy (non-hydrogen) atoms. The summed E-state index contributed by atoms with van der Waals surface area (Å²) in [4.78, 5) is 12.2. The number of amides is 1. The molecule has 168 valence electrons. The van der Waals surface area contributed by atoms with Gasteiger partial charge in [0.15, 0.2) is 11.0 Å². The Balaban J connectivity index is 1.60. The van der Waals surface area contributed by atoms with Gasteiger partial charge in [0.05, 0.1) is 12.0 Å². The van der Waals surface area contributed by atoms with Gasteiger partial charge in [-0.05, 0) is 35.4 Å². The van der Waals surface area contributed by atoms with Crippen LogP contribution in [-0.4, -0.2) is 32.6 Å². The topological polar surface area (TPSA) is 72.2 Å². The quantitative estimate of drug-likeness (QED) is 0.296. The number of aromatic nitrogens is 3. The minimum Gasteiger partial charge on any atom is -0.302 e. The molecule has 7 heteroatoms. The number of hydrogen-bond acceptors (Lipinski definition) is 5. The minimum atomic E-state index is -0.182. The first-order valence-electron chi connectivity index (χ1n) is 10.9. The predicted molar refractivity (Wildman–Crippen MR) is 132 cm³/mol. The van der Waals surface area contributed by atoms with E-state index in [1.165, 1.54) is 22.9 Å². The Morgan fingerprint density at radius 1 is 1.06 bits per heavy atom. The molecule has 0 aliphatic rings. The van der Waals surface area contributed by atoms with Crippen molar-refractivity contribution in [3.05, 3.63) is 65.2 Å². The lowest BCUT2D eigenvalue weighted by Crippen LogP contribution is -2.20. The zero-order chi connectivity index (χ0) is 23.1. The third-order valence-corrected chi connectivity index (χ3v) is 6.13. The summed E-state index contributed by atoms with van der Waals surface area (Å²) >= 11 is 1.36. The number of hydrazone groups is 1. The number of carbonyl (C=O) groups is 1. The molecule has 6 nitrogen and oxygen atoms in total. The van der Waals surface area contributed by atoms with Crippen molar-refractivity contribution in [1.82, 2.24) is 20.2 Å². The van der Waals surface area contributed by atoms with E-state index in [2.05, 4.69) is 91.7 Å². The van der Waals surface area contributed by atoms with Gasteiger partial charge >= 0.3 is 0 Å². The maximum absolute atomic E-state index is 12.2. The molecule has 0 unspecified atom stereocenters. The lowest BCUT2D eigenvalue weighted by Gasteiger charge is -2.19. The van der Waals surface area contributed by atoms with E-state index in [1.807, 2.05) is 16.7 Å². The van der Waals surface area contributed by atoms with Crippen LogP contribution >= 0.6 is 11.8 Å². The largest absolute Gasteiger partial charge is 0.302 e. The molecule has 0 radical (unpaired) electrons. The van der Waals surface area contributed by atoms with Crippen molar-refractivity contribution < 1.29 is 4.79 Å². The Bertz CT molecular complexity index is 1060. The molecule has 3 rings (SSSR count). The summed E-state index contributed by atoms with van der Waals surface area (Å²) in [6.45, 7) is 11.5. The SMILES string of the molecule is CCc1ccc(/C=N\NC(=O)CSc2nnc(-c3ccc(C(C)(C)C)cc3)n2CC)cc1. The summed E-state index contributed by atoms with van der Waals surface area (Å²) in [5.41, 5.74) is 7.19. The van der Waals surface area contributed by atoms with Crippen LogP contribution in [0, 0.1) is 0 Å². The fourth-order valence-corrected chi connectivity index (χ4v) is 3.99. The van der Waals surface area contributed by atoms with Crippen molar-refractivity contribution in [3.8, 4) is 11.4 Å². The second-order valence-electron chi connectivity index (χ2n) is 8.55. The summed E-state index contributed by atoms with van der Waals surface area (Å²) in [7, 11) is 0. The number of rotatable bonds is 8. The first kappa shape index (κ1) is 23.7. The highest BCUT2D eigenvalue weighted by Gasteiger charge is 2.17. The van der Waals surface area contributed by atoms with E-state index in [-0.39, 0.29) is 17.1 Å². The molecule has 1 amide bonds. The van der Waals surface area contributed by atoms with Gasteiger partial charge in [-0.15, -0.1) is 10.2 Å². The molecule has 0 aliphatic heterocycles. The van der Waals surface area contributed by atoms with Crippen LogP contribution in [0.15, 0.2) is 58.8 Å². The van der Waals surface area contributed by atoms with E-state index in [1.54, 1.807) is 6.21 Å². The van der Waals surface area contributed by atoms with Gasteiger partial charge in [0.2, 0.25) is 0 Å². The van der Waals surface area contributed by atoms with E-state index in [0.29, 0.717) is 0 Å². The zero-order valence-electron chi connectivity index (χ0n) is 19.4. The molecule has 1 aromatic heterocycles. The average molecular weight is 450 g/mol. The van der Waals surface area contributed by atoms with Crippen LogP contribution in [-0.2, 0) is 23.2 Å². The molecule has 0 atom stereocenters. The Hall–Kier alpha value is -2.93. The highest BCUT2D eigenvalue weighted by atomic mass is 32.2. The second kappa shape index (κ2) is 10.6. The fourth-order valence-electron chi connectivity index (χ4n) is 3.19. The molecule has 0 fully saturated rings. The van der Waals surface area contributed by atoms with Gasteiger partial charge in [-0.3, -0.25) is 4.79 Å². The van der Waals surface area contributed by atoms with Gasteiger partial charge in [0.25, 0.3) is 5.91 Å². The first-order valence-corrected chi connectivity index (χ1v) is 11.9. The smallest absolute Gasteiger partial charge is 0.250 e. The standard InChI is InChI=1S/C25H31N5OS/c1-6-18-8-10-19(11-9-18)16-26-27-22(31)17-32-24-29-28-23(30(24)7-2)20-12-14-21(15-13-20)25(3,4)5/h8-16H,6-7,17H2,1-5H3,(H,27,31)/b26-16-. The van der Waals surface area contributed by atoms with Crippen molar-refractivity contribution in [2.24, 2.45) is 5.10 Å². The van der Waals surface area contributed by atoms with Crippen molar-refractivity contribution in [2.45, 2.75) is 58.2 Å². The molecule has 1 N–H and O–H groups in total. The maximum Gasteiger partial charge on any atom is 0.250 e. The van der Waals surface area contributed by atoms with Crippen molar-refractivity contribution in [2.75, 3.05) is 5.75 Å². The minimum absolute atomic E-state index is 0.104. The van der Waals surface area contributed by atoms with E-state index in [9.17, 15) is 4.79 Å². The maximum atomic E-state index is 12.2. The summed E-state index contributed by atoms with van der Waals surface area (Å²) in [5, 5.41) is 13.5. The fraction of sp³-hybridized carbons (Fsp3) is 0.360. The number of thioether (sulfide) groups is 1. The number of hydrogen-bond donors (Lipinski definition) is 1. The summed E-state index contributed by atoms with van der Waals surface area (Å²) in [6.07, 6.45) is 2.65. The lowest BCUT2D eigenvalue weighted by atomic mass is 9.87. The number of aryl methyl sites for hydroxylation is 1. The van der Waals surface area contributed by atoms with Crippen LogP contribution in [0.1, 0.15) is 51.3 Å². The molecule has 1 heterocycles. The highest BCUT2D eigenvalue weighted by molar-refractivity contribution is 7.99. The summed E-state index contributed by atoms with van der Waals surface area (Å²) < 4.78 is 2.03. The molecular weight excluding hydrogens is 418 g/mol. The van der Waals surface area contributed by atoms with Crippen LogP contribution in [0.3, 0.4) is 0 Å². The number of carbonyl (C=O) groups excluding carboxylic acids is 1. The molecule has 3 aromatic rings. The van der Waals surface area contributed by atoms with Crippen molar-refractivity contribution in [3.63, 3.8) is 0 Å². The van der Waals surface area contributed by atoms with Gasteiger partial charge < -0.3 is 4.57 Å². The summed E-state index contributed by atoms with van der Waals surface area (Å²) in [6, 6.07) is 16.5. The van der Waals surface area contributed by atoms with Gasteiger partial charge in [-0.2, -0.15) is 5.10 Å².